The Hall–Kier alpha value is -1.56. The zero-order chi connectivity index (χ0) is 10.1. The summed E-state index contributed by atoms with van der Waals surface area (Å²) in [5, 5.41) is 15.9. The molecule has 0 aliphatic rings. The largest absolute Gasteiger partial charge is 0.478 e. The summed E-state index contributed by atoms with van der Waals surface area (Å²) in [6.07, 6.45) is 1.56. The molecular formula is C9H13NO2. The number of rotatable bonds is 1. The lowest BCUT2D eigenvalue weighted by molar-refractivity contribution is -0.132. The van der Waals surface area contributed by atoms with Crippen LogP contribution in [-0.4, -0.2) is 11.1 Å². The highest BCUT2D eigenvalue weighted by molar-refractivity contribution is 5.85. The highest BCUT2D eigenvalue weighted by atomic mass is 16.4. The molecule has 12 heavy (non-hydrogen) atoms. The van der Waals surface area contributed by atoms with Crippen molar-refractivity contribution in [1.29, 1.82) is 5.26 Å². The van der Waals surface area contributed by atoms with Crippen molar-refractivity contribution < 1.29 is 9.90 Å². The molecule has 0 aliphatic heterocycles. The van der Waals surface area contributed by atoms with Gasteiger partial charge in [0.1, 0.15) is 0 Å². The van der Waals surface area contributed by atoms with E-state index >= 15 is 0 Å². The molecule has 3 nitrogen and oxygen atoms in total. The van der Waals surface area contributed by atoms with Gasteiger partial charge in [0.25, 0.3) is 0 Å². The van der Waals surface area contributed by atoms with Crippen LogP contribution in [0.1, 0.15) is 20.8 Å². The van der Waals surface area contributed by atoms with Crippen LogP contribution in [0.15, 0.2) is 23.8 Å². The topological polar surface area (TPSA) is 61.1 Å². The van der Waals surface area contributed by atoms with Gasteiger partial charge in [-0.2, -0.15) is 5.26 Å². The Kier molecular flexibility index (Phi) is 8.21. The van der Waals surface area contributed by atoms with Gasteiger partial charge in [0.15, 0.2) is 0 Å². The molecule has 0 amide bonds. The van der Waals surface area contributed by atoms with E-state index in [1.807, 2.05) is 6.07 Å². The van der Waals surface area contributed by atoms with Crippen molar-refractivity contribution >= 4 is 5.97 Å². The maximum Gasteiger partial charge on any atom is 0.330 e. The molecule has 0 spiro atoms. The zero-order valence-electron chi connectivity index (χ0n) is 7.59. The molecule has 0 bridgehead atoms. The molecule has 0 aromatic heterocycles. The molecular weight excluding hydrogens is 154 g/mol. The number of aliphatic carboxylic acids is 1. The standard InChI is InChI=1S/C5H8O2.C4H5N/c1-3-4(2)5(6)7;1-4(2)3-5/h3H,1-2H3,(H,6,7);1H2,2H3. The second-order valence-corrected chi connectivity index (χ2v) is 2.17. The lowest BCUT2D eigenvalue weighted by atomic mass is 10.3. The van der Waals surface area contributed by atoms with Gasteiger partial charge in [-0.3, -0.25) is 0 Å². The summed E-state index contributed by atoms with van der Waals surface area (Å²) in [5.74, 6) is -0.845. The van der Waals surface area contributed by atoms with Crippen LogP contribution in [0, 0.1) is 11.3 Å². The maximum absolute atomic E-state index is 9.86. The van der Waals surface area contributed by atoms with E-state index in [0.717, 1.165) is 0 Å². The average molecular weight is 167 g/mol. The number of hydrogen-bond donors (Lipinski definition) is 1. The predicted octanol–water partition coefficient (Wildman–Crippen LogP) is 2.12. The Balaban J connectivity index is 0. The van der Waals surface area contributed by atoms with Crippen molar-refractivity contribution in [2.24, 2.45) is 0 Å². The maximum atomic E-state index is 9.86. The molecule has 0 aliphatic carbocycles. The van der Waals surface area contributed by atoms with Gasteiger partial charge in [-0.05, 0) is 20.8 Å². The van der Waals surface area contributed by atoms with E-state index < -0.39 is 5.97 Å². The van der Waals surface area contributed by atoms with Gasteiger partial charge in [-0.15, -0.1) is 0 Å². The summed E-state index contributed by atoms with van der Waals surface area (Å²) in [6, 6.07) is 1.83. The lowest BCUT2D eigenvalue weighted by Crippen LogP contribution is -1.93. The number of hydrogen-bond acceptors (Lipinski definition) is 2. The highest BCUT2D eigenvalue weighted by Gasteiger charge is 1.93. The summed E-state index contributed by atoms with van der Waals surface area (Å²) in [5.41, 5.74) is 0.949. The monoisotopic (exact) mass is 167 g/mol. The number of carboxylic acids is 1. The van der Waals surface area contributed by atoms with Crippen molar-refractivity contribution in [3.63, 3.8) is 0 Å². The quantitative estimate of drug-likeness (QED) is 0.480. The number of nitriles is 1. The zero-order valence-corrected chi connectivity index (χ0v) is 7.59. The minimum atomic E-state index is -0.845. The Labute approximate surface area is 72.6 Å². The van der Waals surface area contributed by atoms with Gasteiger partial charge in [0.05, 0.1) is 6.07 Å². The Bertz CT molecular complexity index is 233. The van der Waals surface area contributed by atoms with Gasteiger partial charge in [-0.1, -0.05) is 12.7 Å². The molecule has 3 heteroatoms. The van der Waals surface area contributed by atoms with Crippen LogP contribution in [0.5, 0.6) is 0 Å². The first kappa shape index (κ1) is 13.1. The van der Waals surface area contributed by atoms with E-state index in [9.17, 15) is 4.79 Å². The van der Waals surface area contributed by atoms with E-state index in [1.54, 1.807) is 26.8 Å². The minimum Gasteiger partial charge on any atom is -0.478 e. The minimum absolute atomic E-state index is 0.389. The second-order valence-electron chi connectivity index (χ2n) is 2.17. The molecule has 0 rings (SSSR count). The number of carboxylic acid groups (broad SMARTS) is 1. The molecule has 0 aromatic carbocycles. The van der Waals surface area contributed by atoms with Gasteiger partial charge in [-0.25, -0.2) is 4.79 Å². The first-order chi connectivity index (χ1) is 5.45. The van der Waals surface area contributed by atoms with Crippen molar-refractivity contribution in [2.75, 3.05) is 0 Å². The predicted molar refractivity (Wildman–Crippen MR) is 47.5 cm³/mol. The Morgan fingerprint density at radius 3 is 1.92 bits per heavy atom. The first-order valence-corrected chi connectivity index (χ1v) is 3.37. The lowest BCUT2D eigenvalue weighted by Gasteiger charge is -1.84. The average Bonchev–Trinajstić information content (AvgIpc) is 2.04. The van der Waals surface area contributed by atoms with Gasteiger partial charge in [0.2, 0.25) is 0 Å². The smallest absolute Gasteiger partial charge is 0.330 e. The third-order valence-corrected chi connectivity index (χ3v) is 0.961. The molecule has 0 radical (unpaired) electrons. The summed E-state index contributed by atoms with van der Waals surface area (Å²) in [4.78, 5) is 9.86. The van der Waals surface area contributed by atoms with E-state index in [4.69, 9.17) is 10.4 Å². The highest BCUT2D eigenvalue weighted by Crippen LogP contribution is 1.87. The molecule has 1 N–H and O–H groups in total. The summed E-state index contributed by atoms with van der Waals surface area (Å²) in [7, 11) is 0. The van der Waals surface area contributed by atoms with Crippen LogP contribution in [0.25, 0.3) is 0 Å². The van der Waals surface area contributed by atoms with Crippen LogP contribution in [0.4, 0.5) is 0 Å². The van der Waals surface area contributed by atoms with Crippen molar-refractivity contribution in [3.05, 3.63) is 23.8 Å². The molecule has 0 saturated carbocycles. The van der Waals surface area contributed by atoms with Crippen molar-refractivity contribution in [3.8, 4) is 6.07 Å². The van der Waals surface area contributed by atoms with Crippen molar-refractivity contribution in [1.82, 2.24) is 0 Å². The van der Waals surface area contributed by atoms with Gasteiger partial charge >= 0.3 is 5.97 Å². The van der Waals surface area contributed by atoms with E-state index in [2.05, 4.69) is 6.58 Å². The Morgan fingerprint density at radius 1 is 1.58 bits per heavy atom. The SMILES string of the molecule is C=C(C)C#N.CC=C(C)C(=O)O. The van der Waals surface area contributed by atoms with Crippen LogP contribution >= 0.6 is 0 Å². The fourth-order valence-corrected chi connectivity index (χ4v) is 0.123. The number of nitrogens with zero attached hydrogens (tertiary/aromatic N) is 1. The van der Waals surface area contributed by atoms with E-state index in [-0.39, 0.29) is 0 Å². The third kappa shape index (κ3) is 11.3. The molecule has 0 aromatic rings. The van der Waals surface area contributed by atoms with Gasteiger partial charge in [0, 0.05) is 11.1 Å². The third-order valence-electron chi connectivity index (χ3n) is 0.961. The van der Waals surface area contributed by atoms with Gasteiger partial charge < -0.3 is 5.11 Å². The molecule has 0 unspecified atom stereocenters. The summed E-state index contributed by atoms with van der Waals surface area (Å²) < 4.78 is 0. The molecule has 66 valence electrons. The number of carbonyl (C=O) groups is 1. The van der Waals surface area contributed by atoms with E-state index in [1.165, 1.54) is 0 Å². The number of allylic oxidation sites excluding steroid dienone is 2. The fourth-order valence-electron chi connectivity index (χ4n) is 0.123. The first-order valence-electron chi connectivity index (χ1n) is 3.37. The molecule has 0 atom stereocenters. The molecule has 0 saturated heterocycles. The summed E-state index contributed by atoms with van der Waals surface area (Å²) in [6.45, 7) is 8.23. The van der Waals surface area contributed by atoms with Crippen molar-refractivity contribution in [2.45, 2.75) is 20.8 Å². The van der Waals surface area contributed by atoms with E-state index in [0.29, 0.717) is 11.1 Å². The molecule has 0 fully saturated rings. The van der Waals surface area contributed by atoms with Crippen LogP contribution in [-0.2, 0) is 4.79 Å². The Morgan fingerprint density at radius 2 is 1.92 bits per heavy atom. The molecule has 0 heterocycles. The van der Waals surface area contributed by atoms with Crippen LogP contribution < -0.4 is 0 Å². The van der Waals surface area contributed by atoms with Crippen LogP contribution in [0.3, 0.4) is 0 Å². The normalized spacial score (nSPS) is 9.00. The van der Waals surface area contributed by atoms with Crippen LogP contribution in [0.2, 0.25) is 0 Å². The second kappa shape index (κ2) is 7.55. The fraction of sp³-hybridized carbons (Fsp3) is 0.333. The summed E-state index contributed by atoms with van der Waals surface area (Å²) >= 11 is 0.